The van der Waals surface area contributed by atoms with Crippen molar-refractivity contribution >= 4 is 18.6 Å². The summed E-state index contributed by atoms with van der Waals surface area (Å²) < 4.78 is 23.4. The molecule has 0 aliphatic rings. The zero-order chi connectivity index (χ0) is 17.1. The first-order valence-corrected chi connectivity index (χ1v) is 8.69. The Morgan fingerprint density at radius 1 is 1.00 bits per heavy atom. The van der Waals surface area contributed by atoms with Crippen LogP contribution < -0.4 is 14.8 Å². The van der Waals surface area contributed by atoms with E-state index >= 15 is 0 Å². The lowest BCUT2D eigenvalue weighted by molar-refractivity contribution is 0.107. The van der Waals surface area contributed by atoms with E-state index in [2.05, 4.69) is 0 Å². The van der Waals surface area contributed by atoms with Gasteiger partial charge in [-0.2, -0.15) is 0 Å². The van der Waals surface area contributed by atoms with Crippen molar-refractivity contribution in [1.29, 1.82) is 0 Å². The van der Waals surface area contributed by atoms with E-state index in [-0.39, 0.29) is 5.52 Å². The number of para-hydroxylation sites is 1. The molecule has 0 bridgehead atoms. The van der Waals surface area contributed by atoms with Gasteiger partial charge in [-0.1, -0.05) is 23.8 Å². The van der Waals surface area contributed by atoms with Gasteiger partial charge >= 0.3 is 0 Å². The summed E-state index contributed by atoms with van der Waals surface area (Å²) in [6, 6.07) is 8.93. The van der Waals surface area contributed by atoms with Crippen molar-refractivity contribution in [3.05, 3.63) is 52.6 Å². The quantitative estimate of drug-likeness (QED) is 0.784. The first kappa shape index (κ1) is 17.3. The normalized spacial score (nSPS) is 11.9. The average molecular weight is 332 g/mol. The second kappa shape index (κ2) is 7.01. The molecule has 0 spiro atoms. The summed E-state index contributed by atoms with van der Waals surface area (Å²) in [6.45, 7) is 5.71. The highest BCUT2D eigenvalue weighted by Crippen LogP contribution is 2.37. The van der Waals surface area contributed by atoms with Crippen LogP contribution >= 0.6 is 7.80 Å². The lowest BCUT2D eigenvalue weighted by Crippen LogP contribution is -2.11. The summed E-state index contributed by atoms with van der Waals surface area (Å²) in [5.41, 5.74) is 2.94. The minimum atomic E-state index is -2.72. The summed E-state index contributed by atoms with van der Waals surface area (Å²) in [4.78, 5) is 12.8. The minimum absolute atomic E-state index is 0.350. The molecule has 0 saturated heterocycles. The number of hydrogen-bond acceptors (Lipinski definition) is 4. The fraction of sp³-hybridized carbons (Fsp3) is 0.278. The molecule has 0 N–H and O–H groups in total. The highest BCUT2D eigenvalue weighted by molar-refractivity contribution is 7.71. The van der Waals surface area contributed by atoms with E-state index in [4.69, 9.17) is 9.47 Å². The molecule has 1 atom stereocenters. The molecule has 1 unspecified atom stereocenters. The number of ether oxygens (including phenoxy) is 2. The van der Waals surface area contributed by atoms with Gasteiger partial charge in [0.25, 0.3) is 0 Å². The SMILES string of the molecule is COc1cccc([PH](=O)C(=O)c2c(C)cc(C)cc2C)c1OC. The van der Waals surface area contributed by atoms with Gasteiger partial charge in [0, 0.05) is 5.56 Å². The van der Waals surface area contributed by atoms with Crippen molar-refractivity contribution in [3.63, 3.8) is 0 Å². The van der Waals surface area contributed by atoms with Gasteiger partial charge in [-0.05, 0) is 44.0 Å². The Hall–Kier alpha value is -2.06. The second-order valence-electron chi connectivity index (χ2n) is 5.47. The maximum Gasteiger partial charge on any atom is 0.223 e. The maximum absolute atomic E-state index is 12.9. The van der Waals surface area contributed by atoms with E-state index in [0.717, 1.165) is 16.7 Å². The summed E-state index contributed by atoms with van der Waals surface area (Å²) in [6.07, 6.45) is 0. The maximum atomic E-state index is 12.9. The van der Waals surface area contributed by atoms with Gasteiger partial charge in [-0.15, -0.1) is 0 Å². The highest BCUT2D eigenvalue weighted by Gasteiger charge is 2.24. The second-order valence-corrected chi connectivity index (χ2v) is 7.12. The molecule has 0 fully saturated rings. The Kier molecular flexibility index (Phi) is 5.27. The fourth-order valence-corrected chi connectivity index (χ4v) is 4.39. The molecule has 0 aromatic heterocycles. The van der Waals surface area contributed by atoms with Crippen LogP contribution in [-0.4, -0.2) is 19.7 Å². The van der Waals surface area contributed by atoms with E-state index in [0.29, 0.717) is 22.4 Å². The molecule has 0 aliphatic heterocycles. The van der Waals surface area contributed by atoms with Gasteiger partial charge < -0.3 is 14.0 Å². The Morgan fingerprint density at radius 2 is 1.61 bits per heavy atom. The van der Waals surface area contributed by atoms with E-state index in [1.165, 1.54) is 14.2 Å². The largest absolute Gasteiger partial charge is 0.493 e. The van der Waals surface area contributed by atoms with Crippen molar-refractivity contribution in [1.82, 2.24) is 0 Å². The lowest BCUT2D eigenvalue weighted by atomic mass is 10.0. The Bertz CT molecular complexity index is 758. The minimum Gasteiger partial charge on any atom is -0.493 e. The van der Waals surface area contributed by atoms with Crippen molar-refractivity contribution in [2.24, 2.45) is 0 Å². The summed E-state index contributed by atoms with van der Waals surface area (Å²) in [5.74, 6) is 0.822. The number of carbonyl (C=O) groups is 1. The van der Waals surface area contributed by atoms with Crippen LogP contribution in [0.25, 0.3) is 0 Å². The summed E-state index contributed by atoms with van der Waals surface area (Å²) in [5, 5.41) is 0.390. The molecule has 0 radical (unpaired) electrons. The third kappa shape index (κ3) is 3.32. The van der Waals surface area contributed by atoms with Crippen molar-refractivity contribution in [2.45, 2.75) is 20.8 Å². The Balaban J connectivity index is 2.52. The van der Waals surface area contributed by atoms with Crippen LogP contribution in [0, 0.1) is 20.8 Å². The standard InChI is InChI=1S/C18H21O4P/c1-11-9-12(2)16(13(3)10-11)18(19)23(20)15-8-6-7-14(21-4)17(15)22-5/h6-10,23H,1-5H3. The topological polar surface area (TPSA) is 52.6 Å². The molecule has 2 aromatic rings. The van der Waals surface area contributed by atoms with Gasteiger partial charge in [-0.3, -0.25) is 4.79 Å². The van der Waals surface area contributed by atoms with Gasteiger partial charge in [0.1, 0.15) is 0 Å². The molecule has 0 heterocycles. The Morgan fingerprint density at radius 3 is 2.13 bits per heavy atom. The molecular formula is C18H21O4P. The molecule has 122 valence electrons. The van der Waals surface area contributed by atoms with Crippen LogP contribution in [0.2, 0.25) is 0 Å². The molecule has 23 heavy (non-hydrogen) atoms. The van der Waals surface area contributed by atoms with Crippen LogP contribution in [-0.2, 0) is 4.57 Å². The third-order valence-corrected chi connectivity index (χ3v) is 5.30. The van der Waals surface area contributed by atoms with Crippen molar-refractivity contribution < 1.29 is 18.8 Å². The molecule has 2 aromatic carbocycles. The van der Waals surface area contributed by atoms with Crippen molar-refractivity contribution in [2.75, 3.05) is 14.2 Å². The summed E-state index contributed by atoms with van der Waals surface area (Å²) in [7, 11) is 0.263. The third-order valence-electron chi connectivity index (χ3n) is 3.76. The zero-order valence-electron chi connectivity index (χ0n) is 14.0. The Labute approximate surface area is 137 Å². The average Bonchev–Trinajstić information content (AvgIpc) is 2.52. The number of hydrogen-bond donors (Lipinski definition) is 0. The molecule has 4 nitrogen and oxygen atoms in total. The van der Waals surface area contributed by atoms with E-state index in [1.807, 2.05) is 32.9 Å². The van der Waals surface area contributed by atoms with Crippen LogP contribution in [0.4, 0.5) is 0 Å². The molecule has 0 aliphatic carbocycles. The first-order chi connectivity index (χ1) is 10.9. The van der Waals surface area contributed by atoms with Crippen LogP contribution in [0.1, 0.15) is 27.0 Å². The molecule has 5 heteroatoms. The molecule has 2 rings (SSSR count). The van der Waals surface area contributed by atoms with E-state index < -0.39 is 7.80 Å². The lowest BCUT2D eigenvalue weighted by Gasteiger charge is -2.14. The molecule has 0 amide bonds. The zero-order valence-corrected chi connectivity index (χ0v) is 15.0. The van der Waals surface area contributed by atoms with Gasteiger partial charge in [-0.25, -0.2) is 0 Å². The predicted molar refractivity (Wildman–Crippen MR) is 93.2 cm³/mol. The van der Waals surface area contributed by atoms with Crippen LogP contribution in [0.3, 0.4) is 0 Å². The predicted octanol–water partition coefficient (Wildman–Crippen LogP) is 3.65. The first-order valence-electron chi connectivity index (χ1n) is 7.28. The van der Waals surface area contributed by atoms with Gasteiger partial charge in [0.15, 0.2) is 19.3 Å². The number of rotatable bonds is 5. The fourth-order valence-electron chi connectivity index (χ4n) is 2.84. The monoisotopic (exact) mass is 332 g/mol. The summed E-state index contributed by atoms with van der Waals surface area (Å²) >= 11 is 0. The van der Waals surface area contributed by atoms with E-state index in [9.17, 15) is 9.36 Å². The molecule has 0 saturated carbocycles. The van der Waals surface area contributed by atoms with Gasteiger partial charge in [0.05, 0.1) is 19.5 Å². The van der Waals surface area contributed by atoms with E-state index in [1.54, 1.807) is 18.2 Å². The smallest absolute Gasteiger partial charge is 0.223 e. The highest BCUT2D eigenvalue weighted by atomic mass is 31.1. The van der Waals surface area contributed by atoms with Crippen molar-refractivity contribution in [3.8, 4) is 11.5 Å². The van der Waals surface area contributed by atoms with Crippen LogP contribution in [0.15, 0.2) is 30.3 Å². The van der Waals surface area contributed by atoms with Crippen LogP contribution in [0.5, 0.6) is 11.5 Å². The number of aryl methyl sites for hydroxylation is 3. The molecular weight excluding hydrogens is 311 g/mol. The number of methoxy groups -OCH3 is 2. The number of benzene rings is 2. The number of carbonyl (C=O) groups excluding carboxylic acids is 1. The van der Waals surface area contributed by atoms with Gasteiger partial charge in [0.2, 0.25) is 5.52 Å².